The van der Waals surface area contributed by atoms with Crippen LogP contribution in [0.15, 0.2) is 17.5 Å². The average molecular weight is 236 g/mol. The van der Waals surface area contributed by atoms with E-state index in [0.29, 0.717) is 11.8 Å². The van der Waals surface area contributed by atoms with Gasteiger partial charge in [-0.25, -0.2) is 0 Å². The molecule has 3 aliphatic heterocycles. The van der Waals surface area contributed by atoms with Gasteiger partial charge in [0.05, 0.1) is 30.4 Å². The lowest BCUT2D eigenvalue weighted by Crippen LogP contribution is -3.18. The molecule has 1 aromatic heterocycles. The Kier molecular flexibility index (Phi) is 2.82. The molecule has 0 amide bonds. The minimum atomic E-state index is 0.361. The smallest absolute Gasteiger partial charge is 0.178 e. The summed E-state index contributed by atoms with van der Waals surface area (Å²) in [6.07, 6.45) is 4.83. The average Bonchev–Trinajstić information content (AvgIpc) is 2.84. The van der Waals surface area contributed by atoms with Gasteiger partial charge < -0.3 is 4.90 Å². The van der Waals surface area contributed by atoms with Crippen LogP contribution in [-0.2, 0) is 0 Å². The first-order chi connectivity index (χ1) is 7.83. The normalized spacial score (nSPS) is 32.9. The molecule has 2 nitrogen and oxygen atoms in total. The predicted octanol–water partition coefficient (Wildman–Crippen LogP) is 1.39. The molecule has 1 aromatic rings. The molecule has 4 heterocycles. The summed E-state index contributed by atoms with van der Waals surface area (Å²) in [6.45, 7) is 2.60. The van der Waals surface area contributed by atoms with Crippen molar-refractivity contribution in [3.8, 4) is 0 Å². The van der Waals surface area contributed by atoms with Gasteiger partial charge in [0.1, 0.15) is 0 Å². The SMILES string of the molecule is O=C(CC1CC2CC[NH+]1CC2)c1cccs1. The Morgan fingerprint density at radius 2 is 2.25 bits per heavy atom. The highest BCUT2D eigenvalue weighted by Gasteiger charge is 2.38. The maximum atomic E-state index is 12.0. The number of fused-ring (bicyclic) bond motifs is 3. The second kappa shape index (κ2) is 4.30. The van der Waals surface area contributed by atoms with Crippen LogP contribution < -0.4 is 4.90 Å². The third-order valence-electron chi connectivity index (χ3n) is 4.17. The zero-order valence-electron chi connectivity index (χ0n) is 9.45. The first-order valence-corrected chi connectivity index (χ1v) is 7.12. The maximum absolute atomic E-state index is 12.0. The molecule has 86 valence electrons. The summed E-state index contributed by atoms with van der Waals surface area (Å²) in [5, 5.41) is 1.99. The second-order valence-electron chi connectivity index (χ2n) is 5.14. The molecule has 3 aliphatic rings. The summed E-state index contributed by atoms with van der Waals surface area (Å²) in [5.74, 6) is 1.28. The van der Waals surface area contributed by atoms with E-state index in [-0.39, 0.29) is 0 Å². The summed E-state index contributed by atoms with van der Waals surface area (Å²) < 4.78 is 0. The van der Waals surface area contributed by atoms with Crippen LogP contribution in [0.25, 0.3) is 0 Å². The predicted molar refractivity (Wildman–Crippen MR) is 65.1 cm³/mol. The van der Waals surface area contributed by atoms with Gasteiger partial charge in [-0.2, -0.15) is 0 Å². The Bertz CT molecular complexity index is 365. The van der Waals surface area contributed by atoms with Gasteiger partial charge in [0, 0.05) is 6.42 Å². The summed E-state index contributed by atoms with van der Waals surface area (Å²) in [7, 11) is 0. The van der Waals surface area contributed by atoms with E-state index in [1.165, 1.54) is 32.4 Å². The van der Waals surface area contributed by atoms with Crippen molar-refractivity contribution < 1.29 is 9.69 Å². The zero-order valence-corrected chi connectivity index (χ0v) is 10.3. The molecule has 4 rings (SSSR count). The minimum Gasteiger partial charge on any atom is -0.332 e. The van der Waals surface area contributed by atoms with E-state index in [1.807, 2.05) is 17.5 Å². The van der Waals surface area contributed by atoms with Crippen molar-refractivity contribution in [1.29, 1.82) is 0 Å². The molecule has 0 aliphatic carbocycles. The van der Waals surface area contributed by atoms with Crippen molar-refractivity contribution in [3.05, 3.63) is 22.4 Å². The molecular formula is C13H18NOS+. The molecule has 3 fully saturated rings. The highest BCUT2D eigenvalue weighted by molar-refractivity contribution is 7.12. The van der Waals surface area contributed by atoms with Gasteiger partial charge in [0.2, 0.25) is 0 Å². The second-order valence-corrected chi connectivity index (χ2v) is 6.09. The summed E-state index contributed by atoms with van der Waals surface area (Å²) in [5.41, 5.74) is 0. The molecule has 0 aromatic carbocycles. The molecule has 16 heavy (non-hydrogen) atoms. The van der Waals surface area contributed by atoms with Gasteiger partial charge in [0.15, 0.2) is 5.78 Å². The Hall–Kier alpha value is -0.670. The number of thiophene rings is 1. The van der Waals surface area contributed by atoms with Gasteiger partial charge in [-0.05, 0) is 30.2 Å². The van der Waals surface area contributed by atoms with Crippen LogP contribution >= 0.6 is 11.3 Å². The first-order valence-electron chi connectivity index (χ1n) is 6.24. The van der Waals surface area contributed by atoms with Crippen molar-refractivity contribution in [2.45, 2.75) is 31.7 Å². The molecule has 3 heteroatoms. The van der Waals surface area contributed by atoms with Crippen LogP contribution in [0.4, 0.5) is 0 Å². The number of Topliss-reactive ketones (excluding diaryl/α,β-unsaturated/α-hetero) is 1. The highest BCUT2D eigenvalue weighted by Crippen LogP contribution is 2.23. The van der Waals surface area contributed by atoms with Crippen molar-refractivity contribution in [1.82, 2.24) is 0 Å². The Morgan fingerprint density at radius 3 is 2.81 bits per heavy atom. The molecule has 0 spiro atoms. The number of carbonyl (C=O) groups is 1. The van der Waals surface area contributed by atoms with Gasteiger partial charge in [-0.1, -0.05) is 6.07 Å². The number of quaternary nitrogens is 1. The lowest BCUT2D eigenvalue weighted by Gasteiger charge is -2.42. The van der Waals surface area contributed by atoms with Gasteiger partial charge in [-0.15, -0.1) is 11.3 Å². The molecule has 1 atom stereocenters. The number of hydrogen-bond acceptors (Lipinski definition) is 2. The van der Waals surface area contributed by atoms with E-state index in [9.17, 15) is 4.79 Å². The monoisotopic (exact) mass is 236 g/mol. The van der Waals surface area contributed by atoms with E-state index < -0.39 is 0 Å². The van der Waals surface area contributed by atoms with Gasteiger partial charge >= 0.3 is 0 Å². The van der Waals surface area contributed by atoms with Crippen LogP contribution in [0, 0.1) is 5.92 Å². The van der Waals surface area contributed by atoms with Crippen molar-refractivity contribution in [2.75, 3.05) is 13.1 Å². The zero-order chi connectivity index (χ0) is 11.0. The largest absolute Gasteiger partial charge is 0.332 e. The van der Waals surface area contributed by atoms with Crippen LogP contribution in [-0.4, -0.2) is 24.9 Å². The number of nitrogens with one attached hydrogen (secondary N) is 1. The molecule has 2 bridgehead atoms. The Morgan fingerprint density at radius 1 is 1.44 bits per heavy atom. The number of piperidine rings is 3. The number of carbonyl (C=O) groups excluding carboxylic acids is 1. The quantitative estimate of drug-likeness (QED) is 0.787. The standard InChI is InChI=1S/C13H17NOS/c15-12(13-2-1-7-16-13)9-11-8-10-3-5-14(11)6-4-10/h1-2,7,10-11H,3-6,8-9H2/p+1. The lowest BCUT2D eigenvalue weighted by atomic mass is 9.81. The molecule has 1 unspecified atom stereocenters. The maximum Gasteiger partial charge on any atom is 0.178 e. The van der Waals surface area contributed by atoms with Crippen LogP contribution in [0.1, 0.15) is 35.4 Å². The minimum absolute atomic E-state index is 0.361. The molecule has 3 saturated heterocycles. The van der Waals surface area contributed by atoms with E-state index in [2.05, 4.69) is 0 Å². The van der Waals surface area contributed by atoms with Crippen LogP contribution in [0.2, 0.25) is 0 Å². The van der Waals surface area contributed by atoms with E-state index >= 15 is 0 Å². The van der Waals surface area contributed by atoms with E-state index in [4.69, 9.17) is 0 Å². The summed E-state index contributed by atoms with van der Waals surface area (Å²) in [6, 6.07) is 4.54. The van der Waals surface area contributed by atoms with Crippen molar-refractivity contribution in [3.63, 3.8) is 0 Å². The van der Waals surface area contributed by atoms with Crippen LogP contribution in [0.3, 0.4) is 0 Å². The van der Waals surface area contributed by atoms with Gasteiger partial charge in [-0.3, -0.25) is 4.79 Å². The molecule has 0 radical (unpaired) electrons. The fourth-order valence-electron chi connectivity index (χ4n) is 3.25. The summed E-state index contributed by atoms with van der Waals surface area (Å²) >= 11 is 1.58. The van der Waals surface area contributed by atoms with Crippen LogP contribution in [0.5, 0.6) is 0 Å². The topological polar surface area (TPSA) is 21.5 Å². The molecule has 0 saturated carbocycles. The van der Waals surface area contributed by atoms with E-state index in [1.54, 1.807) is 16.2 Å². The third kappa shape index (κ3) is 1.94. The number of rotatable bonds is 3. The van der Waals surface area contributed by atoms with Crippen molar-refractivity contribution in [2.24, 2.45) is 5.92 Å². The summed E-state index contributed by atoms with van der Waals surface area (Å²) in [4.78, 5) is 14.7. The number of ketones is 1. The molecular weight excluding hydrogens is 218 g/mol. The van der Waals surface area contributed by atoms with E-state index in [0.717, 1.165) is 17.2 Å². The Balaban J connectivity index is 1.65. The molecule has 1 N–H and O–H groups in total. The number of hydrogen-bond donors (Lipinski definition) is 1. The first kappa shape index (κ1) is 10.5. The lowest BCUT2D eigenvalue weighted by molar-refractivity contribution is -0.941. The highest BCUT2D eigenvalue weighted by atomic mass is 32.1. The fraction of sp³-hybridized carbons (Fsp3) is 0.615. The Labute approximate surface area is 100 Å². The van der Waals surface area contributed by atoms with Gasteiger partial charge in [0.25, 0.3) is 0 Å². The fourth-order valence-corrected chi connectivity index (χ4v) is 3.93. The third-order valence-corrected chi connectivity index (χ3v) is 5.08. The van der Waals surface area contributed by atoms with Crippen molar-refractivity contribution >= 4 is 17.1 Å².